The summed E-state index contributed by atoms with van der Waals surface area (Å²) in [7, 11) is 0. The molecule has 1 amide bonds. The molecule has 3 nitrogen and oxygen atoms in total. The predicted octanol–water partition coefficient (Wildman–Crippen LogP) is 6.31. The number of carbonyl (C=O) groups excluding carboxylic acids is 1. The van der Waals surface area contributed by atoms with Crippen LogP contribution in [-0.4, -0.2) is 12.0 Å². The lowest BCUT2D eigenvalue weighted by atomic mass is 9.81. The first-order chi connectivity index (χ1) is 12.8. The third-order valence-corrected chi connectivity index (χ3v) is 7.33. The van der Waals surface area contributed by atoms with Crippen molar-refractivity contribution < 1.29 is 9.63 Å². The number of hydrogen-bond acceptors (Lipinski definition) is 2. The van der Waals surface area contributed by atoms with Gasteiger partial charge in [-0.15, -0.1) is 0 Å². The van der Waals surface area contributed by atoms with Crippen LogP contribution in [0, 0.1) is 17.8 Å². The first-order valence-corrected chi connectivity index (χ1v) is 11.8. The van der Waals surface area contributed by atoms with Crippen molar-refractivity contribution in [2.24, 2.45) is 17.8 Å². The maximum absolute atomic E-state index is 12.5. The molecule has 0 radical (unpaired) electrons. The summed E-state index contributed by atoms with van der Waals surface area (Å²) in [5, 5.41) is 0. The molecule has 0 bridgehead atoms. The van der Waals surface area contributed by atoms with Gasteiger partial charge in [0.05, 0.1) is 6.10 Å². The first-order valence-electron chi connectivity index (χ1n) is 11.8. The van der Waals surface area contributed by atoms with E-state index in [9.17, 15) is 4.79 Å². The predicted molar refractivity (Wildman–Crippen MR) is 107 cm³/mol. The molecule has 0 aromatic rings. The molecule has 3 saturated carbocycles. The summed E-state index contributed by atoms with van der Waals surface area (Å²) >= 11 is 0. The van der Waals surface area contributed by atoms with Crippen LogP contribution in [-0.2, 0) is 9.63 Å². The molecule has 0 aromatic carbocycles. The Bertz CT molecular complexity index is 395. The number of nitrogens with one attached hydrogen (secondary N) is 1. The van der Waals surface area contributed by atoms with Gasteiger partial charge in [-0.25, -0.2) is 5.48 Å². The third-order valence-electron chi connectivity index (χ3n) is 7.33. The van der Waals surface area contributed by atoms with E-state index in [0.717, 1.165) is 37.5 Å². The van der Waals surface area contributed by atoms with Gasteiger partial charge in [0, 0.05) is 5.92 Å². The van der Waals surface area contributed by atoms with Crippen molar-refractivity contribution in [2.45, 2.75) is 122 Å². The summed E-state index contributed by atoms with van der Waals surface area (Å²) in [6.07, 6.45) is 23.5. The summed E-state index contributed by atoms with van der Waals surface area (Å²) < 4.78 is 0. The molecule has 0 heterocycles. The smallest absolute Gasteiger partial charge is 0.246 e. The van der Waals surface area contributed by atoms with Crippen molar-refractivity contribution in [3.05, 3.63) is 0 Å². The maximum atomic E-state index is 12.5. The van der Waals surface area contributed by atoms with Crippen LogP contribution in [0.5, 0.6) is 0 Å². The molecule has 3 heteroatoms. The molecular formula is C23H41NO2. The number of carbonyl (C=O) groups is 1. The fraction of sp³-hybridized carbons (Fsp3) is 0.957. The zero-order valence-electron chi connectivity index (χ0n) is 16.9. The van der Waals surface area contributed by atoms with E-state index in [2.05, 4.69) is 5.48 Å². The molecule has 150 valence electrons. The van der Waals surface area contributed by atoms with Crippen molar-refractivity contribution >= 4 is 5.91 Å². The van der Waals surface area contributed by atoms with Crippen molar-refractivity contribution in [1.29, 1.82) is 0 Å². The Kier molecular flexibility index (Phi) is 8.78. The van der Waals surface area contributed by atoms with Crippen LogP contribution in [0.1, 0.15) is 116 Å². The van der Waals surface area contributed by atoms with Crippen molar-refractivity contribution in [1.82, 2.24) is 5.48 Å². The van der Waals surface area contributed by atoms with Gasteiger partial charge in [-0.2, -0.15) is 0 Å². The van der Waals surface area contributed by atoms with Gasteiger partial charge < -0.3 is 0 Å². The van der Waals surface area contributed by atoms with Crippen LogP contribution in [0.15, 0.2) is 0 Å². The maximum Gasteiger partial charge on any atom is 0.246 e. The highest BCUT2D eigenvalue weighted by Crippen LogP contribution is 2.37. The molecule has 0 spiro atoms. The largest absolute Gasteiger partial charge is 0.273 e. The van der Waals surface area contributed by atoms with E-state index < -0.39 is 0 Å². The number of amides is 1. The van der Waals surface area contributed by atoms with E-state index in [1.807, 2.05) is 0 Å². The lowest BCUT2D eigenvalue weighted by molar-refractivity contribution is -0.144. The van der Waals surface area contributed by atoms with E-state index in [-0.39, 0.29) is 17.9 Å². The number of rotatable bonds is 4. The average molecular weight is 364 g/mol. The molecule has 3 fully saturated rings. The van der Waals surface area contributed by atoms with Crippen molar-refractivity contribution in [2.75, 3.05) is 0 Å². The van der Waals surface area contributed by atoms with E-state index in [4.69, 9.17) is 4.84 Å². The van der Waals surface area contributed by atoms with E-state index in [1.165, 1.54) is 89.9 Å². The summed E-state index contributed by atoms with van der Waals surface area (Å²) in [4.78, 5) is 18.4. The first kappa shape index (κ1) is 20.2. The van der Waals surface area contributed by atoms with E-state index >= 15 is 0 Å². The summed E-state index contributed by atoms with van der Waals surface area (Å²) in [6, 6.07) is 0. The second kappa shape index (κ2) is 11.3. The monoisotopic (exact) mass is 363 g/mol. The molecule has 3 rings (SSSR count). The van der Waals surface area contributed by atoms with Gasteiger partial charge in [-0.3, -0.25) is 9.63 Å². The minimum absolute atomic E-state index is 0.150. The Labute approximate surface area is 161 Å². The Morgan fingerprint density at radius 3 is 1.81 bits per heavy atom. The Morgan fingerprint density at radius 2 is 1.12 bits per heavy atom. The van der Waals surface area contributed by atoms with Gasteiger partial charge in [0.1, 0.15) is 0 Å². The normalized spacial score (nSPS) is 30.6. The number of hydrogen-bond donors (Lipinski definition) is 1. The average Bonchev–Trinajstić information content (AvgIpc) is 3.02. The second-order valence-electron chi connectivity index (χ2n) is 9.27. The molecule has 0 saturated heterocycles. The van der Waals surface area contributed by atoms with Crippen LogP contribution in [0.3, 0.4) is 0 Å². The standard InChI is InChI=1S/C23H41NO2/c25-23(21-13-8-2-1-3-9-14-21)24-26-22-16-10-15-20(17-18-22)19-11-6-4-5-7-12-19/h19-22H,1-18H2,(H,24,25). The molecule has 26 heavy (non-hydrogen) atoms. The molecular weight excluding hydrogens is 322 g/mol. The zero-order valence-corrected chi connectivity index (χ0v) is 16.9. The molecule has 0 aliphatic heterocycles. The van der Waals surface area contributed by atoms with Crippen molar-refractivity contribution in [3.63, 3.8) is 0 Å². The highest BCUT2D eigenvalue weighted by molar-refractivity contribution is 5.77. The quantitative estimate of drug-likeness (QED) is 0.469. The summed E-state index contributed by atoms with van der Waals surface area (Å²) in [6.45, 7) is 0. The van der Waals surface area contributed by atoms with Gasteiger partial charge in [0.25, 0.3) is 0 Å². The van der Waals surface area contributed by atoms with E-state index in [0.29, 0.717) is 0 Å². The van der Waals surface area contributed by atoms with Crippen molar-refractivity contribution in [3.8, 4) is 0 Å². The minimum atomic E-state index is 0.150. The van der Waals surface area contributed by atoms with Gasteiger partial charge in [-0.1, -0.05) is 83.5 Å². The molecule has 2 atom stereocenters. The van der Waals surface area contributed by atoms with Gasteiger partial charge >= 0.3 is 0 Å². The topological polar surface area (TPSA) is 38.3 Å². The third kappa shape index (κ3) is 6.55. The molecule has 0 aromatic heterocycles. The Morgan fingerprint density at radius 1 is 0.577 bits per heavy atom. The van der Waals surface area contributed by atoms with Gasteiger partial charge in [0.2, 0.25) is 5.91 Å². The highest BCUT2D eigenvalue weighted by Gasteiger charge is 2.27. The SMILES string of the molecule is O=C(NOC1CCCC(C2CCCCCC2)CC1)C1CCCCCCC1. The Balaban J connectivity index is 1.39. The van der Waals surface area contributed by atoms with Crippen LogP contribution in [0.2, 0.25) is 0 Å². The lowest BCUT2D eigenvalue weighted by Crippen LogP contribution is -2.34. The zero-order chi connectivity index (χ0) is 18.0. The summed E-state index contributed by atoms with van der Waals surface area (Å²) in [5.74, 6) is 2.19. The second-order valence-corrected chi connectivity index (χ2v) is 9.27. The molecule has 1 N–H and O–H groups in total. The molecule has 3 aliphatic rings. The van der Waals surface area contributed by atoms with E-state index in [1.54, 1.807) is 0 Å². The van der Waals surface area contributed by atoms with Crippen LogP contribution in [0.25, 0.3) is 0 Å². The highest BCUT2D eigenvalue weighted by atomic mass is 16.7. The Hall–Kier alpha value is -0.570. The van der Waals surface area contributed by atoms with Crippen LogP contribution < -0.4 is 5.48 Å². The molecule has 2 unspecified atom stereocenters. The van der Waals surface area contributed by atoms with Crippen LogP contribution >= 0.6 is 0 Å². The summed E-state index contributed by atoms with van der Waals surface area (Å²) in [5.41, 5.74) is 2.86. The van der Waals surface area contributed by atoms with Gasteiger partial charge in [0.15, 0.2) is 0 Å². The number of hydroxylamine groups is 1. The van der Waals surface area contributed by atoms with Crippen LogP contribution in [0.4, 0.5) is 0 Å². The fourth-order valence-corrected chi connectivity index (χ4v) is 5.61. The van der Waals surface area contributed by atoms with Gasteiger partial charge in [-0.05, 0) is 43.9 Å². The molecule has 3 aliphatic carbocycles. The lowest BCUT2D eigenvalue weighted by Gasteiger charge is -2.25. The minimum Gasteiger partial charge on any atom is -0.273 e. The fourth-order valence-electron chi connectivity index (χ4n) is 5.61.